The fourth-order valence-corrected chi connectivity index (χ4v) is 3.89. The van der Waals surface area contributed by atoms with Gasteiger partial charge < -0.3 is 15.8 Å². The van der Waals surface area contributed by atoms with Crippen LogP contribution in [-0.4, -0.2) is 28.7 Å². The molecular formula is C19H24N4O. The van der Waals surface area contributed by atoms with E-state index in [0.29, 0.717) is 17.9 Å². The second-order valence-corrected chi connectivity index (χ2v) is 6.89. The number of nitrogen functional groups attached to an aromatic ring is 1. The van der Waals surface area contributed by atoms with Gasteiger partial charge in [0.15, 0.2) is 0 Å². The number of anilines is 1. The number of aromatic nitrogens is 2. The fraction of sp³-hybridized carbons (Fsp3) is 0.474. The number of nitrogens with one attached hydrogen (secondary N) is 1. The summed E-state index contributed by atoms with van der Waals surface area (Å²) in [5.74, 6) is 1.29. The van der Waals surface area contributed by atoms with Crippen molar-refractivity contribution in [3.63, 3.8) is 0 Å². The van der Waals surface area contributed by atoms with Gasteiger partial charge in [-0.25, -0.2) is 4.98 Å². The summed E-state index contributed by atoms with van der Waals surface area (Å²) in [5, 5.41) is 3.42. The maximum atomic E-state index is 6.22. The lowest BCUT2D eigenvalue weighted by Crippen LogP contribution is -2.23. The second kappa shape index (κ2) is 6.40. The molecule has 1 aliphatic heterocycles. The van der Waals surface area contributed by atoms with E-state index in [1.807, 2.05) is 6.07 Å². The molecule has 3 atom stereocenters. The molecule has 4 rings (SSSR count). The highest BCUT2D eigenvalue weighted by atomic mass is 16.5. The molecule has 1 aromatic heterocycles. The first-order valence-corrected chi connectivity index (χ1v) is 8.82. The van der Waals surface area contributed by atoms with Crippen molar-refractivity contribution in [1.82, 2.24) is 15.3 Å². The predicted octanol–water partition coefficient (Wildman–Crippen LogP) is 2.66. The number of fused-ring (bicyclic) bond motifs is 1. The van der Waals surface area contributed by atoms with E-state index in [2.05, 4.69) is 46.5 Å². The molecule has 3 N–H and O–H groups in total. The van der Waals surface area contributed by atoms with Crippen LogP contribution < -0.4 is 15.8 Å². The van der Waals surface area contributed by atoms with Crippen molar-refractivity contribution in [1.29, 1.82) is 0 Å². The van der Waals surface area contributed by atoms with Gasteiger partial charge in [0.2, 0.25) is 11.8 Å². The van der Waals surface area contributed by atoms with Crippen molar-refractivity contribution >= 4 is 5.95 Å². The number of benzene rings is 1. The lowest BCUT2D eigenvalue weighted by molar-refractivity contribution is 0.208. The first-order valence-electron chi connectivity index (χ1n) is 8.82. The maximum Gasteiger partial charge on any atom is 0.223 e. The Labute approximate surface area is 142 Å². The summed E-state index contributed by atoms with van der Waals surface area (Å²) in [5.41, 5.74) is 9.49. The van der Waals surface area contributed by atoms with Crippen LogP contribution in [0.4, 0.5) is 5.95 Å². The van der Waals surface area contributed by atoms with Gasteiger partial charge in [-0.2, -0.15) is 4.98 Å². The van der Waals surface area contributed by atoms with E-state index in [1.165, 1.54) is 5.56 Å². The van der Waals surface area contributed by atoms with Crippen LogP contribution in [0.5, 0.6) is 5.88 Å². The number of ether oxygens (including phenoxy) is 1. The van der Waals surface area contributed by atoms with Crippen LogP contribution in [0, 0.1) is 0 Å². The monoisotopic (exact) mass is 324 g/mol. The van der Waals surface area contributed by atoms with Crippen LogP contribution in [0.1, 0.15) is 48.9 Å². The molecule has 0 radical (unpaired) electrons. The van der Waals surface area contributed by atoms with Gasteiger partial charge in [-0.05, 0) is 31.7 Å². The van der Waals surface area contributed by atoms with Gasteiger partial charge in [-0.1, -0.05) is 30.3 Å². The molecule has 1 saturated heterocycles. The number of nitrogens with zero attached hydrogens (tertiary/aromatic N) is 2. The molecule has 2 aliphatic rings. The Morgan fingerprint density at radius 3 is 2.79 bits per heavy atom. The SMILES string of the molecule is C[C@@H]1C[C@@H](Oc2nc(N)nc3c2CCCC3c2ccccc2)CN1. The minimum atomic E-state index is 0.163. The Hall–Kier alpha value is -2.14. The largest absolute Gasteiger partial charge is 0.473 e. The lowest BCUT2D eigenvalue weighted by atomic mass is 9.82. The Balaban J connectivity index is 1.69. The Morgan fingerprint density at radius 1 is 1.21 bits per heavy atom. The van der Waals surface area contributed by atoms with Crippen LogP contribution in [0.15, 0.2) is 30.3 Å². The minimum absolute atomic E-state index is 0.163. The average molecular weight is 324 g/mol. The molecule has 1 aromatic carbocycles. The van der Waals surface area contributed by atoms with E-state index >= 15 is 0 Å². The number of hydrogen-bond donors (Lipinski definition) is 2. The quantitative estimate of drug-likeness (QED) is 0.908. The van der Waals surface area contributed by atoms with Crippen molar-refractivity contribution in [2.24, 2.45) is 0 Å². The summed E-state index contributed by atoms with van der Waals surface area (Å²) < 4.78 is 6.22. The van der Waals surface area contributed by atoms with E-state index in [-0.39, 0.29) is 12.0 Å². The van der Waals surface area contributed by atoms with Gasteiger partial charge in [0.1, 0.15) is 6.10 Å². The molecule has 1 unspecified atom stereocenters. The lowest BCUT2D eigenvalue weighted by Gasteiger charge is -2.27. The zero-order valence-electron chi connectivity index (χ0n) is 14.0. The van der Waals surface area contributed by atoms with E-state index < -0.39 is 0 Å². The van der Waals surface area contributed by atoms with E-state index in [4.69, 9.17) is 10.5 Å². The maximum absolute atomic E-state index is 6.22. The molecule has 2 heterocycles. The van der Waals surface area contributed by atoms with Crippen molar-refractivity contribution in [2.45, 2.75) is 50.7 Å². The average Bonchev–Trinajstić information content (AvgIpc) is 3.00. The van der Waals surface area contributed by atoms with Crippen molar-refractivity contribution in [2.75, 3.05) is 12.3 Å². The summed E-state index contributed by atoms with van der Waals surface area (Å²) in [6.45, 7) is 3.04. The zero-order chi connectivity index (χ0) is 16.5. The van der Waals surface area contributed by atoms with Gasteiger partial charge in [0.05, 0.1) is 5.69 Å². The highest BCUT2D eigenvalue weighted by molar-refractivity contribution is 5.43. The van der Waals surface area contributed by atoms with Crippen LogP contribution in [-0.2, 0) is 6.42 Å². The molecule has 0 bridgehead atoms. The molecule has 24 heavy (non-hydrogen) atoms. The van der Waals surface area contributed by atoms with Crippen molar-refractivity contribution < 1.29 is 4.74 Å². The summed E-state index contributed by atoms with van der Waals surface area (Å²) in [6.07, 6.45) is 4.34. The first-order chi connectivity index (χ1) is 11.7. The third-order valence-electron chi connectivity index (χ3n) is 5.06. The molecule has 1 aliphatic carbocycles. The molecule has 0 amide bonds. The third-order valence-corrected chi connectivity index (χ3v) is 5.06. The number of rotatable bonds is 3. The molecule has 2 aromatic rings. The normalized spacial score (nSPS) is 26.1. The Kier molecular flexibility index (Phi) is 4.10. The molecule has 126 valence electrons. The second-order valence-electron chi connectivity index (χ2n) is 6.89. The Morgan fingerprint density at radius 2 is 2.04 bits per heavy atom. The molecule has 0 spiro atoms. The molecule has 5 nitrogen and oxygen atoms in total. The molecule has 5 heteroatoms. The van der Waals surface area contributed by atoms with Gasteiger partial charge in [0.25, 0.3) is 0 Å². The van der Waals surface area contributed by atoms with Crippen molar-refractivity contribution in [3.8, 4) is 5.88 Å². The summed E-state index contributed by atoms with van der Waals surface area (Å²) in [6, 6.07) is 11.0. The first kappa shape index (κ1) is 15.4. The molecule has 1 fully saturated rings. The van der Waals surface area contributed by atoms with E-state index in [1.54, 1.807) is 0 Å². The zero-order valence-corrected chi connectivity index (χ0v) is 14.0. The highest BCUT2D eigenvalue weighted by Crippen LogP contribution is 2.39. The number of nitrogens with two attached hydrogens (primary N) is 1. The van der Waals surface area contributed by atoms with Gasteiger partial charge in [-0.3, -0.25) is 0 Å². The number of hydrogen-bond acceptors (Lipinski definition) is 5. The molecular weight excluding hydrogens is 300 g/mol. The van der Waals surface area contributed by atoms with Gasteiger partial charge >= 0.3 is 0 Å². The highest BCUT2D eigenvalue weighted by Gasteiger charge is 2.30. The van der Waals surface area contributed by atoms with Crippen LogP contribution in [0.3, 0.4) is 0 Å². The van der Waals surface area contributed by atoms with E-state index in [9.17, 15) is 0 Å². The Bertz CT molecular complexity index is 719. The van der Waals surface area contributed by atoms with Crippen LogP contribution in [0.25, 0.3) is 0 Å². The standard InChI is InChI=1S/C19H24N4O/c1-12-10-14(11-21-12)24-18-16-9-5-8-15(13-6-3-2-4-7-13)17(16)22-19(20)23-18/h2-4,6-7,12,14-15,21H,5,8-11H2,1H3,(H2,20,22,23)/t12-,14-,15?/m1/s1. The van der Waals surface area contributed by atoms with Crippen LogP contribution >= 0.6 is 0 Å². The third kappa shape index (κ3) is 2.96. The molecule has 0 saturated carbocycles. The topological polar surface area (TPSA) is 73.1 Å². The van der Waals surface area contributed by atoms with Crippen molar-refractivity contribution in [3.05, 3.63) is 47.2 Å². The summed E-state index contributed by atoms with van der Waals surface area (Å²) in [4.78, 5) is 9.01. The summed E-state index contributed by atoms with van der Waals surface area (Å²) >= 11 is 0. The van der Waals surface area contributed by atoms with E-state index in [0.717, 1.165) is 43.5 Å². The van der Waals surface area contributed by atoms with Gasteiger partial charge in [0, 0.05) is 30.5 Å². The van der Waals surface area contributed by atoms with Gasteiger partial charge in [-0.15, -0.1) is 0 Å². The fourth-order valence-electron chi connectivity index (χ4n) is 3.89. The van der Waals surface area contributed by atoms with Crippen LogP contribution in [0.2, 0.25) is 0 Å². The minimum Gasteiger partial charge on any atom is -0.473 e. The smallest absolute Gasteiger partial charge is 0.223 e. The predicted molar refractivity (Wildman–Crippen MR) is 94.2 cm³/mol. The summed E-state index contributed by atoms with van der Waals surface area (Å²) in [7, 11) is 0.